The highest BCUT2D eigenvalue weighted by atomic mass is 32.1. The van der Waals surface area contributed by atoms with Crippen LogP contribution in [0.15, 0.2) is 77.7 Å². The van der Waals surface area contributed by atoms with Crippen molar-refractivity contribution < 1.29 is 23.6 Å². The van der Waals surface area contributed by atoms with E-state index < -0.39 is 18.0 Å². The van der Waals surface area contributed by atoms with Crippen molar-refractivity contribution in [3.8, 4) is 11.8 Å². The number of aromatic carboxylic acids is 1. The fourth-order valence-electron chi connectivity index (χ4n) is 4.18. The molecule has 1 aromatic heterocycles. The minimum Gasteiger partial charge on any atom is -0.478 e. The maximum absolute atomic E-state index is 13.0. The molecule has 0 saturated carbocycles. The number of rotatable bonds is 6. The Kier molecular flexibility index (Phi) is 7.17. The van der Waals surface area contributed by atoms with Gasteiger partial charge in [0.25, 0.3) is 0 Å². The lowest BCUT2D eigenvalue weighted by molar-refractivity contribution is 0.0649. The van der Waals surface area contributed by atoms with Gasteiger partial charge in [0.05, 0.1) is 11.1 Å². The van der Waals surface area contributed by atoms with Gasteiger partial charge in [-0.2, -0.15) is 0 Å². The number of ether oxygens (including phenoxy) is 1. The zero-order valence-corrected chi connectivity index (χ0v) is 21.1. The van der Waals surface area contributed by atoms with Crippen LogP contribution in [-0.2, 0) is 15.3 Å². The Hall–Kier alpha value is -4.53. The molecule has 0 bridgehead atoms. The highest BCUT2D eigenvalue weighted by molar-refractivity contribution is 7.75. The van der Waals surface area contributed by atoms with Crippen molar-refractivity contribution in [2.24, 2.45) is 5.92 Å². The average Bonchev–Trinajstić information content (AvgIpc) is 3.56. The number of allylic oxidation sites excluding steroid dienone is 1. The number of thiol groups is 1. The molecule has 2 atom stereocenters. The number of H-pyrrole nitrogens is 1. The second kappa shape index (κ2) is 10.8. The smallest absolute Gasteiger partial charge is 0.335 e. The summed E-state index contributed by atoms with van der Waals surface area (Å²) in [4.78, 5) is 28.4. The van der Waals surface area contributed by atoms with E-state index in [0.29, 0.717) is 34.8 Å². The number of hydrogen-bond acceptors (Lipinski definition) is 8. The first-order chi connectivity index (χ1) is 18.4. The van der Waals surface area contributed by atoms with Crippen LogP contribution in [0.3, 0.4) is 0 Å². The molecule has 3 N–H and O–H groups in total. The molecule has 0 saturated heterocycles. The van der Waals surface area contributed by atoms with E-state index in [1.54, 1.807) is 17.1 Å². The van der Waals surface area contributed by atoms with Gasteiger partial charge in [0.2, 0.25) is 5.82 Å². The summed E-state index contributed by atoms with van der Waals surface area (Å²) in [7, 11) is 0. The van der Waals surface area contributed by atoms with Crippen LogP contribution in [0, 0.1) is 17.8 Å². The highest BCUT2D eigenvalue weighted by Gasteiger charge is 2.39. The van der Waals surface area contributed by atoms with Crippen molar-refractivity contribution in [3.05, 3.63) is 106 Å². The molecule has 2 heterocycles. The van der Waals surface area contributed by atoms with Crippen LogP contribution >= 0.6 is 12.9 Å². The lowest BCUT2D eigenvalue weighted by atomic mass is 9.91. The molecule has 5 rings (SSSR count). The standard InChI is InChI=1S/C27H23N5O5S/c1-16-13-20(12-9-17-7-10-19(11-8-17)27(34)35)24-22(23(16)37-38)32(15-36-24)31-26(33)25-28-21(29-30-25)14-18-5-3-2-4-6-18/h2-8,10-11,13,16,23,38H,14-15H2,1H3,(H,31,33)(H,34,35)(H,28,29,30)/t16-,23-/m0/s1. The minimum absolute atomic E-state index is 0.00227. The number of aromatic nitrogens is 3. The fourth-order valence-corrected chi connectivity index (χ4v) is 4.47. The van der Waals surface area contributed by atoms with Crippen LogP contribution in [-0.4, -0.2) is 50.0 Å². The Bertz CT molecular complexity index is 1490. The number of nitrogens with one attached hydrogen (secondary N) is 2. The summed E-state index contributed by atoms with van der Waals surface area (Å²) in [6.45, 7) is 1.97. The zero-order valence-electron chi connectivity index (χ0n) is 20.2. The van der Waals surface area contributed by atoms with Gasteiger partial charge in [-0.1, -0.05) is 55.2 Å². The van der Waals surface area contributed by atoms with Crippen LogP contribution in [0.1, 0.15) is 44.9 Å². The first-order valence-electron chi connectivity index (χ1n) is 11.7. The van der Waals surface area contributed by atoms with E-state index in [1.165, 1.54) is 12.1 Å². The number of carbonyl (C=O) groups is 2. The zero-order chi connectivity index (χ0) is 26.6. The van der Waals surface area contributed by atoms with E-state index in [1.807, 2.05) is 43.3 Å². The summed E-state index contributed by atoms with van der Waals surface area (Å²) in [6.07, 6.45) is 1.93. The van der Waals surface area contributed by atoms with Gasteiger partial charge in [-0.25, -0.2) is 14.8 Å². The Labute approximate surface area is 224 Å². The molecule has 2 aliphatic rings. The number of hydrogen-bond donors (Lipinski definition) is 4. The molecular formula is C27H23N5O5S. The molecule has 0 unspecified atom stereocenters. The number of benzene rings is 2. The third-order valence-corrected chi connectivity index (χ3v) is 6.28. The molecule has 2 aromatic carbocycles. The number of carboxylic acids is 1. The summed E-state index contributed by atoms with van der Waals surface area (Å²) < 4.78 is 11.3. The van der Waals surface area contributed by atoms with Gasteiger partial charge in [0, 0.05) is 17.9 Å². The monoisotopic (exact) mass is 529 g/mol. The van der Waals surface area contributed by atoms with Crippen molar-refractivity contribution >= 4 is 24.8 Å². The molecule has 1 amide bonds. The second-order valence-corrected chi connectivity index (χ2v) is 8.93. The van der Waals surface area contributed by atoms with Gasteiger partial charge in [0.15, 0.2) is 12.5 Å². The number of hydrazine groups is 1. The minimum atomic E-state index is -1.00. The average molecular weight is 530 g/mol. The van der Waals surface area contributed by atoms with Crippen molar-refractivity contribution in [3.63, 3.8) is 0 Å². The Morgan fingerprint density at radius 2 is 1.97 bits per heavy atom. The van der Waals surface area contributed by atoms with Crippen molar-refractivity contribution in [2.75, 3.05) is 6.73 Å². The lowest BCUT2D eigenvalue weighted by Crippen LogP contribution is -2.45. The number of amides is 1. The first-order valence-corrected chi connectivity index (χ1v) is 12.1. The highest BCUT2D eigenvalue weighted by Crippen LogP contribution is 2.37. The second-order valence-electron chi connectivity index (χ2n) is 8.72. The molecule has 0 fully saturated rings. The topological polar surface area (TPSA) is 130 Å². The van der Waals surface area contributed by atoms with Gasteiger partial charge in [-0.05, 0) is 42.7 Å². The Morgan fingerprint density at radius 3 is 2.68 bits per heavy atom. The first kappa shape index (κ1) is 25.1. The van der Waals surface area contributed by atoms with Crippen molar-refractivity contribution in [1.29, 1.82) is 0 Å². The summed E-state index contributed by atoms with van der Waals surface area (Å²) in [5.74, 6) is 5.52. The number of aromatic amines is 1. The molecule has 11 heteroatoms. The summed E-state index contributed by atoms with van der Waals surface area (Å²) >= 11 is 4.05. The van der Waals surface area contributed by atoms with Crippen molar-refractivity contribution in [2.45, 2.75) is 19.4 Å². The lowest BCUT2D eigenvalue weighted by Gasteiger charge is -2.29. The van der Waals surface area contributed by atoms with E-state index in [-0.39, 0.29) is 24.0 Å². The van der Waals surface area contributed by atoms with Gasteiger partial charge in [-0.15, -0.1) is 5.10 Å². The van der Waals surface area contributed by atoms with Gasteiger partial charge in [-0.3, -0.25) is 15.3 Å². The summed E-state index contributed by atoms with van der Waals surface area (Å²) in [6, 6.07) is 16.0. The van der Waals surface area contributed by atoms with Crippen LogP contribution in [0.2, 0.25) is 0 Å². The normalized spacial score (nSPS) is 18.2. The van der Waals surface area contributed by atoms with E-state index >= 15 is 0 Å². The quantitative estimate of drug-likeness (QED) is 0.218. The number of carbonyl (C=O) groups excluding carboxylic acids is 1. The number of carboxylic acid groups (broad SMARTS) is 1. The molecule has 0 radical (unpaired) electrons. The molecule has 3 aromatic rings. The summed E-state index contributed by atoms with van der Waals surface area (Å²) in [5, 5.41) is 17.5. The third kappa shape index (κ3) is 5.27. The molecular weight excluding hydrogens is 506 g/mol. The van der Waals surface area contributed by atoms with Crippen molar-refractivity contribution in [1.82, 2.24) is 25.6 Å². The molecule has 38 heavy (non-hydrogen) atoms. The number of nitrogens with zero attached hydrogens (tertiary/aromatic N) is 3. The predicted molar refractivity (Wildman–Crippen MR) is 139 cm³/mol. The van der Waals surface area contributed by atoms with Gasteiger partial charge < -0.3 is 14.0 Å². The van der Waals surface area contributed by atoms with Gasteiger partial charge in [0.1, 0.15) is 17.6 Å². The van der Waals surface area contributed by atoms with Crippen LogP contribution < -0.4 is 5.43 Å². The van der Waals surface area contributed by atoms with Gasteiger partial charge >= 0.3 is 11.9 Å². The maximum atomic E-state index is 13.0. The summed E-state index contributed by atoms with van der Waals surface area (Å²) in [5.41, 5.74) is 5.87. The molecule has 0 spiro atoms. The van der Waals surface area contributed by atoms with Crippen LogP contribution in [0.5, 0.6) is 0 Å². The molecule has 10 nitrogen and oxygen atoms in total. The Morgan fingerprint density at radius 1 is 1.21 bits per heavy atom. The SMILES string of the molecule is C[C@H]1C=C(C#Cc2ccc(C(=O)O)cc2)C2=C([C@H]1OS)N(NC(=O)c1n[nH]c(Cc3ccccc3)n1)CO2. The van der Waals surface area contributed by atoms with E-state index in [4.69, 9.17) is 14.0 Å². The molecule has 1 aliphatic heterocycles. The molecule has 192 valence electrons. The van der Waals surface area contributed by atoms with E-state index in [2.05, 4.69) is 45.4 Å². The third-order valence-electron chi connectivity index (χ3n) is 6.06. The maximum Gasteiger partial charge on any atom is 0.335 e. The van der Waals surface area contributed by atoms with Crippen LogP contribution in [0.4, 0.5) is 0 Å². The Balaban J connectivity index is 1.34. The van der Waals surface area contributed by atoms with E-state index in [9.17, 15) is 9.59 Å². The van der Waals surface area contributed by atoms with E-state index in [0.717, 1.165) is 5.56 Å². The fraction of sp³-hybridized carbons (Fsp3) is 0.185. The molecule has 1 aliphatic carbocycles. The van der Waals surface area contributed by atoms with Crippen LogP contribution in [0.25, 0.3) is 0 Å². The predicted octanol–water partition coefficient (Wildman–Crippen LogP) is 3.10. The largest absolute Gasteiger partial charge is 0.478 e.